The lowest BCUT2D eigenvalue weighted by Crippen LogP contribution is -2.39. The predicted octanol–water partition coefficient (Wildman–Crippen LogP) is 6.41. The Morgan fingerprint density at radius 2 is 1.55 bits per heavy atom. The van der Waals surface area contributed by atoms with Crippen LogP contribution in [-0.4, -0.2) is 61.9 Å². The molecule has 0 unspecified atom stereocenters. The molecule has 4 amide bonds. The number of nitrogens with one attached hydrogen (secondary N) is 3. The zero-order valence-electron chi connectivity index (χ0n) is 26.8. The maximum atomic E-state index is 13.3. The lowest BCUT2D eigenvalue weighted by atomic mass is 9.92. The molecule has 3 aromatic rings. The number of fused-ring (bicyclic) bond motifs is 1. The minimum atomic E-state index is -0.324. The van der Waals surface area contributed by atoms with E-state index in [0.717, 1.165) is 30.5 Å². The lowest BCUT2D eigenvalue weighted by Gasteiger charge is -2.25. The highest BCUT2D eigenvalue weighted by molar-refractivity contribution is 6.07. The fraction of sp³-hybridized carbons (Fsp3) is 0.400. The van der Waals surface area contributed by atoms with E-state index in [4.69, 9.17) is 4.74 Å². The Bertz CT molecular complexity index is 1480. The third kappa shape index (κ3) is 9.31. The van der Waals surface area contributed by atoms with Crippen LogP contribution in [0, 0.1) is 5.41 Å². The van der Waals surface area contributed by atoms with Gasteiger partial charge in [0.1, 0.15) is 5.75 Å². The van der Waals surface area contributed by atoms with Gasteiger partial charge in [0, 0.05) is 43.4 Å². The third-order valence-electron chi connectivity index (χ3n) is 7.48. The summed E-state index contributed by atoms with van der Waals surface area (Å²) >= 11 is 0. The number of carbonyl (C=O) groups is 3. The highest BCUT2D eigenvalue weighted by Gasteiger charge is 2.20. The topological polar surface area (TPSA) is 103 Å². The van der Waals surface area contributed by atoms with Crippen molar-refractivity contribution in [2.24, 2.45) is 5.41 Å². The van der Waals surface area contributed by atoms with E-state index in [1.54, 1.807) is 42.3 Å². The second-order valence-electron chi connectivity index (χ2n) is 12.8. The molecule has 0 saturated carbocycles. The standard InChI is InChI=1S/C35H45N5O4/c1-35(2,3)22-32(41)37-30-17-16-29(44-6)21-31(30)38-33(42)26-12-10-24(11-13-26)23-40(19-18-39(4)5)34(43)36-28-15-14-25-8-7-9-27(25)20-28/h10-17,20-21H,7-9,18-19,22-23H2,1-6H3,(H,36,43)(H,37,41)(H,38,42). The minimum absolute atomic E-state index is 0.137. The Labute approximate surface area is 261 Å². The van der Waals surface area contributed by atoms with Crippen molar-refractivity contribution in [2.75, 3.05) is 50.2 Å². The van der Waals surface area contributed by atoms with Crippen molar-refractivity contribution in [3.8, 4) is 5.75 Å². The van der Waals surface area contributed by atoms with Crippen LogP contribution in [0.25, 0.3) is 0 Å². The molecule has 9 heteroatoms. The van der Waals surface area contributed by atoms with E-state index in [-0.39, 0.29) is 23.3 Å². The molecule has 3 aromatic carbocycles. The Balaban J connectivity index is 1.44. The van der Waals surface area contributed by atoms with Crippen molar-refractivity contribution in [1.29, 1.82) is 0 Å². The molecule has 0 bridgehead atoms. The van der Waals surface area contributed by atoms with E-state index < -0.39 is 0 Å². The molecule has 9 nitrogen and oxygen atoms in total. The normalized spacial score (nSPS) is 12.4. The third-order valence-corrected chi connectivity index (χ3v) is 7.48. The highest BCUT2D eigenvalue weighted by atomic mass is 16.5. The van der Waals surface area contributed by atoms with Gasteiger partial charge in [0.05, 0.1) is 18.5 Å². The maximum absolute atomic E-state index is 13.3. The molecule has 0 heterocycles. The quantitative estimate of drug-likeness (QED) is 0.237. The smallest absolute Gasteiger partial charge is 0.322 e. The summed E-state index contributed by atoms with van der Waals surface area (Å²) in [7, 11) is 5.51. The number of hydrogen-bond donors (Lipinski definition) is 3. The van der Waals surface area contributed by atoms with Crippen molar-refractivity contribution in [1.82, 2.24) is 9.80 Å². The summed E-state index contributed by atoms with van der Waals surface area (Å²) in [5, 5.41) is 8.90. The molecule has 0 atom stereocenters. The summed E-state index contributed by atoms with van der Waals surface area (Å²) < 4.78 is 5.34. The SMILES string of the molecule is COc1ccc(NC(=O)CC(C)(C)C)c(NC(=O)c2ccc(CN(CCN(C)C)C(=O)Nc3ccc4c(c3)CCC4)cc2)c1. The number of anilines is 3. The first-order chi connectivity index (χ1) is 20.9. The minimum Gasteiger partial charge on any atom is -0.497 e. The summed E-state index contributed by atoms with van der Waals surface area (Å²) in [5.41, 5.74) is 5.60. The molecule has 3 N–H and O–H groups in total. The highest BCUT2D eigenvalue weighted by Crippen LogP contribution is 2.29. The van der Waals surface area contributed by atoms with Gasteiger partial charge in [-0.05, 0) is 91.9 Å². The van der Waals surface area contributed by atoms with Crippen LogP contribution in [-0.2, 0) is 24.2 Å². The Hall–Kier alpha value is -4.37. The van der Waals surface area contributed by atoms with Crippen LogP contribution in [0.3, 0.4) is 0 Å². The van der Waals surface area contributed by atoms with Crippen molar-refractivity contribution in [3.05, 3.63) is 82.9 Å². The molecule has 234 valence electrons. The van der Waals surface area contributed by atoms with Crippen LogP contribution in [0.4, 0.5) is 21.9 Å². The molecule has 0 aromatic heterocycles. The number of nitrogens with zero attached hydrogens (tertiary/aromatic N) is 2. The van der Waals surface area contributed by atoms with E-state index in [1.165, 1.54) is 11.1 Å². The molecule has 44 heavy (non-hydrogen) atoms. The number of methoxy groups -OCH3 is 1. The first-order valence-electron chi connectivity index (χ1n) is 15.1. The van der Waals surface area contributed by atoms with Gasteiger partial charge in [-0.25, -0.2) is 4.79 Å². The van der Waals surface area contributed by atoms with Crippen LogP contribution >= 0.6 is 0 Å². The predicted molar refractivity (Wildman–Crippen MR) is 177 cm³/mol. The first-order valence-corrected chi connectivity index (χ1v) is 15.1. The molecular weight excluding hydrogens is 554 g/mol. The van der Waals surface area contributed by atoms with Crippen LogP contribution in [0.2, 0.25) is 0 Å². The Morgan fingerprint density at radius 1 is 0.818 bits per heavy atom. The zero-order valence-corrected chi connectivity index (χ0v) is 26.8. The van der Waals surface area contributed by atoms with Crippen LogP contribution in [0.1, 0.15) is 60.7 Å². The van der Waals surface area contributed by atoms with Crippen molar-refractivity contribution < 1.29 is 19.1 Å². The molecule has 0 radical (unpaired) electrons. The number of ether oxygens (including phenoxy) is 1. The van der Waals surface area contributed by atoms with E-state index in [2.05, 4.69) is 28.1 Å². The van der Waals surface area contributed by atoms with E-state index in [1.807, 2.05) is 58.0 Å². The zero-order chi connectivity index (χ0) is 31.9. The molecule has 1 aliphatic rings. The van der Waals surface area contributed by atoms with Crippen LogP contribution in [0.5, 0.6) is 5.75 Å². The number of aryl methyl sites for hydroxylation is 2. The summed E-state index contributed by atoms with van der Waals surface area (Å²) in [6.45, 7) is 7.64. The fourth-order valence-corrected chi connectivity index (χ4v) is 5.14. The largest absolute Gasteiger partial charge is 0.497 e. The molecule has 0 fully saturated rings. The van der Waals surface area contributed by atoms with Gasteiger partial charge in [0.25, 0.3) is 5.91 Å². The van der Waals surface area contributed by atoms with Crippen molar-refractivity contribution in [3.63, 3.8) is 0 Å². The van der Waals surface area contributed by atoms with Gasteiger partial charge < -0.3 is 30.5 Å². The number of urea groups is 1. The fourth-order valence-electron chi connectivity index (χ4n) is 5.14. The molecule has 0 spiro atoms. The van der Waals surface area contributed by atoms with E-state index in [0.29, 0.717) is 48.7 Å². The Kier molecular flexibility index (Phi) is 10.7. The first kappa shape index (κ1) is 32.5. The van der Waals surface area contributed by atoms with E-state index >= 15 is 0 Å². The summed E-state index contributed by atoms with van der Waals surface area (Å²) in [4.78, 5) is 43.0. The number of carbonyl (C=O) groups excluding carboxylic acids is 3. The molecular formula is C35H45N5O4. The molecule has 0 aliphatic heterocycles. The number of rotatable bonds is 11. The summed E-state index contributed by atoms with van der Waals surface area (Å²) in [5.74, 6) is 0.0944. The molecule has 0 saturated heterocycles. The van der Waals surface area contributed by atoms with Gasteiger partial charge in [-0.3, -0.25) is 9.59 Å². The number of amides is 4. The van der Waals surface area contributed by atoms with Gasteiger partial charge >= 0.3 is 6.03 Å². The van der Waals surface area contributed by atoms with Gasteiger partial charge in [0.15, 0.2) is 0 Å². The maximum Gasteiger partial charge on any atom is 0.322 e. The summed E-state index contributed by atoms with van der Waals surface area (Å²) in [6.07, 6.45) is 3.64. The average molecular weight is 600 g/mol. The molecule has 1 aliphatic carbocycles. The second kappa shape index (κ2) is 14.4. The second-order valence-corrected chi connectivity index (χ2v) is 12.8. The van der Waals surface area contributed by atoms with Crippen LogP contribution in [0.15, 0.2) is 60.7 Å². The number of hydrogen-bond acceptors (Lipinski definition) is 5. The number of likely N-dealkylation sites (N-methyl/N-ethyl adjacent to an activating group) is 1. The Morgan fingerprint density at radius 3 is 2.23 bits per heavy atom. The lowest BCUT2D eigenvalue weighted by molar-refractivity contribution is -0.117. The van der Waals surface area contributed by atoms with Gasteiger partial charge in [-0.1, -0.05) is 39.0 Å². The van der Waals surface area contributed by atoms with Gasteiger partial charge in [-0.2, -0.15) is 0 Å². The van der Waals surface area contributed by atoms with Crippen molar-refractivity contribution in [2.45, 2.75) is 53.0 Å². The average Bonchev–Trinajstić information content (AvgIpc) is 3.43. The van der Waals surface area contributed by atoms with Crippen LogP contribution < -0.4 is 20.7 Å². The number of benzene rings is 3. The molecule has 4 rings (SSSR count). The van der Waals surface area contributed by atoms with Crippen molar-refractivity contribution >= 4 is 34.9 Å². The van der Waals surface area contributed by atoms with Gasteiger partial charge in [0.2, 0.25) is 5.91 Å². The van der Waals surface area contributed by atoms with E-state index in [9.17, 15) is 14.4 Å². The van der Waals surface area contributed by atoms with Gasteiger partial charge in [-0.15, -0.1) is 0 Å². The summed E-state index contributed by atoms with van der Waals surface area (Å²) in [6, 6.07) is 18.3. The monoisotopic (exact) mass is 599 g/mol.